The van der Waals surface area contributed by atoms with Crippen LogP contribution in [0, 0.1) is 0 Å². The maximum absolute atomic E-state index is 11.1. The zero-order valence-corrected chi connectivity index (χ0v) is 11.9. The average molecular weight is 276 g/mol. The second-order valence-electron chi connectivity index (χ2n) is 5.40. The van der Waals surface area contributed by atoms with E-state index in [1.807, 2.05) is 6.07 Å². The molecule has 1 heterocycles. The Morgan fingerprint density at radius 1 is 1.30 bits per heavy atom. The number of nitrogens with zero attached hydrogens (tertiary/aromatic N) is 2. The molecule has 5 nitrogen and oxygen atoms in total. The number of aromatic nitrogens is 1. The van der Waals surface area contributed by atoms with E-state index in [2.05, 4.69) is 9.88 Å². The number of hydrogen-bond donors (Lipinski definition) is 2. The highest BCUT2D eigenvalue weighted by Gasteiger charge is 2.22. The van der Waals surface area contributed by atoms with E-state index in [4.69, 9.17) is 11.5 Å². The third-order valence-corrected chi connectivity index (χ3v) is 3.95. The maximum atomic E-state index is 11.1. The summed E-state index contributed by atoms with van der Waals surface area (Å²) in [6.45, 7) is 1.60. The van der Waals surface area contributed by atoms with Gasteiger partial charge in [0, 0.05) is 18.8 Å². The molecule has 4 N–H and O–H groups in total. The van der Waals surface area contributed by atoms with Crippen LogP contribution in [0.25, 0.3) is 0 Å². The lowest BCUT2D eigenvalue weighted by Crippen LogP contribution is -2.38. The van der Waals surface area contributed by atoms with Gasteiger partial charge in [0.15, 0.2) is 0 Å². The molecule has 1 saturated carbocycles. The van der Waals surface area contributed by atoms with Crippen molar-refractivity contribution in [1.82, 2.24) is 4.98 Å². The molecule has 20 heavy (non-hydrogen) atoms. The average Bonchev–Trinajstić information content (AvgIpc) is 2.49. The first-order chi connectivity index (χ1) is 9.72. The first-order valence-electron chi connectivity index (χ1n) is 7.45. The second kappa shape index (κ2) is 7.24. The van der Waals surface area contributed by atoms with Gasteiger partial charge in [0.1, 0.15) is 5.82 Å². The molecule has 110 valence electrons. The van der Waals surface area contributed by atoms with E-state index in [0.29, 0.717) is 18.2 Å². The van der Waals surface area contributed by atoms with Gasteiger partial charge < -0.3 is 16.4 Å². The summed E-state index contributed by atoms with van der Waals surface area (Å²) in [7, 11) is 0. The summed E-state index contributed by atoms with van der Waals surface area (Å²) >= 11 is 0. The number of primary amides is 1. The Kier molecular flexibility index (Phi) is 5.35. The predicted octanol–water partition coefficient (Wildman–Crippen LogP) is 1.67. The van der Waals surface area contributed by atoms with Crippen LogP contribution in [0.1, 0.15) is 48.9 Å². The highest BCUT2D eigenvalue weighted by atomic mass is 16.1. The molecule has 1 aromatic rings. The van der Waals surface area contributed by atoms with Crippen LogP contribution in [-0.2, 0) is 0 Å². The van der Waals surface area contributed by atoms with E-state index < -0.39 is 5.91 Å². The van der Waals surface area contributed by atoms with Crippen molar-refractivity contribution in [2.45, 2.75) is 44.6 Å². The van der Waals surface area contributed by atoms with Crippen molar-refractivity contribution in [1.29, 1.82) is 0 Å². The second-order valence-corrected chi connectivity index (χ2v) is 5.40. The summed E-state index contributed by atoms with van der Waals surface area (Å²) in [5, 5.41) is 0. The fourth-order valence-corrected chi connectivity index (χ4v) is 2.84. The van der Waals surface area contributed by atoms with Crippen molar-refractivity contribution >= 4 is 11.7 Å². The minimum atomic E-state index is -0.435. The Labute approximate surface area is 120 Å². The Hall–Kier alpha value is -1.62. The zero-order valence-electron chi connectivity index (χ0n) is 11.9. The van der Waals surface area contributed by atoms with Gasteiger partial charge >= 0.3 is 0 Å². The third-order valence-electron chi connectivity index (χ3n) is 3.95. The number of anilines is 1. The molecule has 5 heteroatoms. The molecule has 0 bridgehead atoms. The standard InChI is InChI=1S/C15H24N4O/c16-9-4-10-19(13-5-2-1-3-6-13)14-8-7-12(11-18-14)15(17)20/h7-8,11,13H,1-6,9-10,16H2,(H2,17,20). The summed E-state index contributed by atoms with van der Waals surface area (Å²) in [4.78, 5) is 17.9. The number of carbonyl (C=O) groups excluding carboxylic acids is 1. The van der Waals surface area contributed by atoms with E-state index >= 15 is 0 Å². The SMILES string of the molecule is NCCCN(c1ccc(C(N)=O)cn1)C1CCCCC1. The van der Waals surface area contributed by atoms with Gasteiger partial charge in [-0.3, -0.25) is 4.79 Å². The van der Waals surface area contributed by atoms with Crippen molar-refractivity contribution < 1.29 is 4.79 Å². The fourth-order valence-electron chi connectivity index (χ4n) is 2.84. The van der Waals surface area contributed by atoms with Crippen LogP contribution in [0.2, 0.25) is 0 Å². The Morgan fingerprint density at radius 3 is 2.60 bits per heavy atom. The Balaban J connectivity index is 2.13. The molecule has 0 aromatic carbocycles. The molecular formula is C15H24N4O. The van der Waals surface area contributed by atoms with Crippen molar-refractivity contribution in [2.24, 2.45) is 11.5 Å². The lowest BCUT2D eigenvalue weighted by atomic mass is 9.94. The molecule has 0 atom stereocenters. The molecule has 1 aromatic heterocycles. The summed E-state index contributed by atoms with van der Waals surface area (Å²) in [6, 6.07) is 4.19. The van der Waals surface area contributed by atoms with Crippen LogP contribution >= 0.6 is 0 Å². The van der Waals surface area contributed by atoms with Gasteiger partial charge in [0.05, 0.1) is 5.56 Å². The van der Waals surface area contributed by atoms with Crippen molar-refractivity contribution in [2.75, 3.05) is 18.0 Å². The molecule has 0 spiro atoms. The monoisotopic (exact) mass is 276 g/mol. The normalized spacial score (nSPS) is 16.1. The number of pyridine rings is 1. The molecular weight excluding hydrogens is 252 g/mol. The van der Waals surface area contributed by atoms with E-state index in [1.165, 1.54) is 32.1 Å². The van der Waals surface area contributed by atoms with Crippen LogP contribution in [0.5, 0.6) is 0 Å². The smallest absolute Gasteiger partial charge is 0.250 e. The van der Waals surface area contributed by atoms with Crippen LogP contribution in [0.3, 0.4) is 0 Å². The maximum Gasteiger partial charge on any atom is 0.250 e. The van der Waals surface area contributed by atoms with Gasteiger partial charge in [-0.05, 0) is 37.9 Å². The molecule has 1 aliphatic carbocycles. The lowest BCUT2D eigenvalue weighted by molar-refractivity contribution is 0.1000. The van der Waals surface area contributed by atoms with Crippen molar-refractivity contribution in [3.8, 4) is 0 Å². The van der Waals surface area contributed by atoms with Crippen LogP contribution in [0.15, 0.2) is 18.3 Å². The van der Waals surface area contributed by atoms with Gasteiger partial charge in [-0.2, -0.15) is 0 Å². The van der Waals surface area contributed by atoms with E-state index in [0.717, 1.165) is 18.8 Å². The van der Waals surface area contributed by atoms with Crippen molar-refractivity contribution in [3.05, 3.63) is 23.9 Å². The lowest BCUT2D eigenvalue weighted by Gasteiger charge is -2.35. The summed E-state index contributed by atoms with van der Waals surface area (Å²) in [6.07, 6.45) is 8.83. The molecule has 0 radical (unpaired) electrons. The van der Waals surface area contributed by atoms with Gasteiger partial charge in [-0.15, -0.1) is 0 Å². The highest BCUT2D eigenvalue weighted by Crippen LogP contribution is 2.26. The third kappa shape index (κ3) is 3.70. The molecule has 1 fully saturated rings. The van der Waals surface area contributed by atoms with Crippen LogP contribution in [-0.4, -0.2) is 30.0 Å². The highest BCUT2D eigenvalue weighted by molar-refractivity contribution is 5.92. The Morgan fingerprint density at radius 2 is 2.05 bits per heavy atom. The zero-order chi connectivity index (χ0) is 14.4. The van der Waals surface area contributed by atoms with Gasteiger partial charge in [0.25, 0.3) is 0 Å². The number of nitrogens with two attached hydrogens (primary N) is 2. The number of rotatable bonds is 6. The van der Waals surface area contributed by atoms with Gasteiger partial charge in [-0.1, -0.05) is 19.3 Å². The Bertz CT molecular complexity index is 426. The number of amides is 1. The van der Waals surface area contributed by atoms with Crippen LogP contribution < -0.4 is 16.4 Å². The number of hydrogen-bond acceptors (Lipinski definition) is 4. The minimum absolute atomic E-state index is 0.435. The molecule has 2 rings (SSSR count). The summed E-state index contributed by atoms with van der Waals surface area (Å²) in [5.74, 6) is 0.491. The fraction of sp³-hybridized carbons (Fsp3) is 0.600. The van der Waals surface area contributed by atoms with Gasteiger partial charge in [-0.25, -0.2) is 4.98 Å². The van der Waals surface area contributed by atoms with Gasteiger partial charge in [0.2, 0.25) is 5.91 Å². The van der Waals surface area contributed by atoms with E-state index in [9.17, 15) is 4.79 Å². The summed E-state index contributed by atoms with van der Waals surface area (Å²) in [5.41, 5.74) is 11.3. The van der Waals surface area contributed by atoms with E-state index in [-0.39, 0.29) is 0 Å². The molecule has 0 unspecified atom stereocenters. The molecule has 1 aliphatic rings. The van der Waals surface area contributed by atoms with Crippen molar-refractivity contribution in [3.63, 3.8) is 0 Å². The topological polar surface area (TPSA) is 85.2 Å². The molecule has 0 aliphatic heterocycles. The number of carbonyl (C=O) groups is 1. The first kappa shape index (κ1) is 14.8. The van der Waals surface area contributed by atoms with Crippen LogP contribution in [0.4, 0.5) is 5.82 Å². The quantitative estimate of drug-likeness (QED) is 0.827. The largest absolute Gasteiger partial charge is 0.366 e. The first-order valence-corrected chi connectivity index (χ1v) is 7.45. The predicted molar refractivity (Wildman–Crippen MR) is 80.6 cm³/mol. The molecule has 1 amide bonds. The summed E-state index contributed by atoms with van der Waals surface area (Å²) < 4.78 is 0. The van der Waals surface area contributed by atoms with E-state index in [1.54, 1.807) is 12.3 Å². The minimum Gasteiger partial charge on any atom is -0.366 e. The molecule has 0 saturated heterocycles.